The molecule has 2 atom stereocenters. The summed E-state index contributed by atoms with van der Waals surface area (Å²) in [4.78, 5) is 12.4. The Bertz CT molecular complexity index is 779. The van der Waals surface area contributed by atoms with Gasteiger partial charge in [0.2, 0.25) is 0 Å². The summed E-state index contributed by atoms with van der Waals surface area (Å²) in [7, 11) is 0. The van der Waals surface area contributed by atoms with E-state index in [0.29, 0.717) is 18.2 Å². The van der Waals surface area contributed by atoms with Crippen molar-refractivity contribution in [3.63, 3.8) is 0 Å². The van der Waals surface area contributed by atoms with Crippen molar-refractivity contribution in [3.05, 3.63) is 29.3 Å². The zero-order chi connectivity index (χ0) is 24.9. The molecule has 1 amide bonds. The fraction of sp³-hybridized carbons (Fsp3) is 0.667. The van der Waals surface area contributed by atoms with Crippen molar-refractivity contribution in [2.45, 2.75) is 89.8 Å². The topological polar surface area (TPSA) is 96.2 Å². The predicted molar refractivity (Wildman–Crippen MR) is 125 cm³/mol. The molecule has 33 heavy (non-hydrogen) atoms. The molecule has 0 heterocycles. The van der Waals surface area contributed by atoms with Crippen molar-refractivity contribution in [2.75, 3.05) is 16.8 Å². The molecule has 0 aromatic heterocycles. The van der Waals surface area contributed by atoms with Crippen LogP contribution in [0.2, 0.25) is 0 Å². The fourth-order valence-corrected chi connectivity index (χ4v) is 4.64. The Morgan fingerprint density at radius 3 is 2.24 bits per heavy atom. The van der Waals surface area contributed by atoms with Gasteiger partial charge in [0, 0.05) is 5.69 Å². The van der Waals surface area contributed by atoms with Gasteiger partial charge in [-0.3, -0.25) is 4.79 Å². The Morgan fingerprint density at radius 1 is 1.09 bits per heavy atom. The lowest BCUT2D eigenvalue weighted by atomic mass is 9.96. The first-order chi connectivity index (χ1) is 15.5. The second-order valence-electron chi connectivity index (χ2n) is 8.52. The van der Waals surface area contributed by atoms with Crippen LogP contribution in [0.4, 0.5) is 18.9 Å². The van der Waals surface area contributed by atoms with E-state index in [2.05, 4.69) is 12.2 Å². The van der Waals surface area contributed by atoms with Crippen LogP contribution in [0.5, 0.6) is 0 Å². The monoisotopic (exact) mass is 488 g/mol. The molecule has 0 aliphatic rings. The van der Waals surface area contributed by atoms with Gasteiger partial charge in [-0.15, -0.1) is 0 Å². The summed E-state index contributed by atoms with van der Waals surface area (Å²) < 4.78 is 51.2. The number of rotatable bonds is 15. The second-order valence-corrected chi connectivity index (χ2v) is 10.2. The molecule has 0 saturated heterocycles. The van der Waals surface area contributed by atoms with E-state index < -0.39 is 40.0 Å². The number of nitriles is 1. The predicted octanol–water partition coefficient (Wildman–Crippen LogP) is 5.94. The molecule has 9 heteroatoms. The van der Waals surface area contributed by atoms with Crippen LogP contribution in [0.3, 0.4) is 0 Å². The summed E-state index contributed by atoms with van der Waals surface area (Å²) in [5, 5.41) is 21.6. The molecule has 0 aliphatic carbocycles. The van der Waals surface area contributed by atoms with E-state index in [4.69, 9.17) is 5.26 Å². The summed E-state index contributed by atoms with van der Waals surface area (Å²) in [6.45, 7) is 3.48. The number of halogens is 3. The molecule has 0 bridgehead atoms. The average molecular weight is 489 g/mol. The van der Waals surface area contributed by atoms with E-state index in [1.165, 1.54) is 25.5 Å². The molecular weight excluding hydrogens is 453 g/mol. The second kappa shape index (κ2) is 14.5. The van der Waals surface area contributed by atoms with E-state index in [0.717, 1.165) is 56.8 Å². The number of nitrogens with zero attached hydrogens (tertiary/aromatic N) is 1. The van der Waals surface area contributed by atoms with E-state index in [9.17, 15) is 27.6 Å². The SMILES string of the molecule is CCCCCC[S+]([O-])CCCCCCC[C@](C)(O)C(=O)Nc1ccc(C#N)c(C(F)(F)F)c1. The van der Waals surface area contributed by atoms with Crippen LogP contribution in [0.25, 0.3) is 0 Å². The molecule has 0 spiro atoms. The molecule has 186 valence electrons. The number of carbonyl (C=O) groups is 1. The van der Waals surface area contributed by atoms with Gasteiger partial charge < -0.3 is 15.0 Å². The molecule has 0 fully saturated rings. The first-order valence-electron chi connectivity index (χ1n) is 11.5. The van der Waals surface area contributed by atoms with E-state index in [1.54, 1.807) is 0 Å². The van der Waals surface area contributed by atoms with Gasteiger partial charge in [0.05, 0.1) is 17.2 Å². The highest BCUT2D eigenvalue weighted by Crippen LogP contribution is 2.33. The molecule has 5 nitrogen and oxygen atoms in total. The number of nitrogens with one attached hydrogen (secondary N) is 1. The van der Waals surface area contributed by atoms with Crippen LogP contribution in [0.1, 0.15) is 89.2 Å². The minimum atomic E-state index is -4.73. The van der Waals surface area contributed by atoms with Gasteiger partial charge >= 0.3 is 6.18 Å². The Morgan fingerprint density at radius 2 is 1.67 bits per heavy atom. The molecule has 2 N–H and O–H groups in total. The summed E-state index contributed by atoms with van der Waals surface area (Å²) >= 11 is -0.761. The summed E-state index contributed by atoms with van der Waals surface area (Å²) in [5.74, 6) is 0.678. The van der Waals surface area contributed by atoms with E-state index in [1.807, 2.05) is 0 Å². The van der Waals surface area contributed by atoms with Crippen LogP contribution in [-0.2, 0) is 22.1 Å². The van der Waals surface area contributed by atoms with Crippen molar-refractivity contribution < 1.29 is 27.6 Å². The molecule has 1 rings (SSSR count). The summed E-state index contributed by atoms with van der Waals surface area (Å²) in [6, 6.07) is 4.37. The Labute approximate surface area is 197 Å². The lowest BCUT2D eigenvalue weighted by molar-refractivity contribution is -0.138. The van der Waals surface area contributed by atoms with Crippen LogP contribution >= 0.6 is 0 Å². The number of aliphatic hydroxyl groups is 1. The van der Waals surface area contributed by atoms with Crippen molar-refractivity contribution >= 4 is 22.8 Å². The largest absolute Gasteiger partial charge is 0.616 e. The van der Waals surface area contributed by atoms with Crippen LogP contribution in [0, 0.1) is 11.3 Å². The maximum atomic E-state index is 13.1. The summed E-state index contributed by atoms with van der Waals surface area (Å²) in [5.41, 5.74) is -3.53. The van der Waals surface area contributed by atoms with Gasteiger partial charge in [-0.2, -0.15) is 18.4 Å². The number of carbonyl (C=O) groups excluding carboxylic acids is 1. The molecule has 0 radical (unpaired) electrons. The van der Waals surface area contributed by atoms with Crippen LogP contribution in [-0.4, -0.2) is 32.7 Å². The van der Waals surface area contributed by atoms with Crippen molar-refractivity contribution in [1.82, 2.24) is 0 Å². The van der Waals surface area contributed by atoms with Gasteiger partial charge in [-0.1, -0.05) is 50.2 Å². The minimum absolute atomic E-state index is 0.130. The van der Waals surface area contributed by atoms with Crippen LogP contribution < -0.4 is 5.32 Å². The first-order valence-corrected chi connectivity index (χ1v) is 13.0. The Balaban J connectivity index is 2.36. The number of amides is 1. The first kappa shape index (κ1) is 29.3. The van der Waals surface area contributed by atoms with Gasteiger partial charge in [-0.05, 0) is 57.2 Å². The van der Waals surface area contributed by atoms with Crippen molar-refractivity contribution in [1.29, 1.82) is 5.26 Å². The fourth-order valence-electron chi connectivity index (χ4n) is 3.39. The van der Waals surface area contributed by atoms with Gasteiger partial charge in [-0.25, -0.2) is 0 Å². The third-order valence-electron chi connectivity index (χ3n) is 5.45. The third-order valence-corrected chi connectivity index (χ3v) is 6.94. The van der Waals surface area contributed by atoms with Gasteiger partial charge in [0.15, 0.2) is 0 Å². The number of alkyl halides is 3. The molecular formula is C24H35F3N2O3S. The van der Waals surface area contributed by atoms with Crippen LogP contribution in [0.15, 0.2) is 18.2 Å². The average Bonchev–Trinajstić information content (AvgIpc) is 2.75. The van der Waals surface area contributed by atoms with Crippen molar-refractivity contribution in [2.24, 2.45) is 0 Å². The standard InChI is InChI=1S/C24H35F3N2O3S/c1-3-4-5-10-15-33(32)16-11-8-6-7-9-14-23(2,31)22(30)29-20-13-12-19(18-28)21(17-20)24(25,26)27/h12-13,17,31H,3-11,14-16H2,1-2H3,(H,29,30)/t23-,33?/m0/s1. The smallest absolute Gasteiger partial charge is 0.417 e. The molecule has 0 saturated carbocycles. The number of hydrogen-bond acceptors (Lipinski definition) is 4. The molecule has 1 aromatic carbocycles. The van der Waals surface area contributed by atoms with E-state index >= 15 is 0 Å². The number of hydrogen-bond donors (Lipinski definition) is 2. The molecule has 0 aliphatic heterocycles. The van der Waals surface area contributed by atoms with Gasteiger partial charge in [0.1, 0.15) is 17.1 Å². The zero-order valence-electron chi connectivity index (χ0n) is 19.5. The maximum absolute atomic E-state index is 13.1. The lowest BCUT2D eigenvalue weighted by Crippen LogP contribution is -2.40. The minimum Gasteiger partial charge on any atom is -0.616 e. The van der Waals surface area contributed by atoms with Crippen molar-refractivity contribution in [3.8, 4) is 6.07 Å². The quantitative estimate of drug-likeness (QED) is 0.236. The zero-order valence-corrected chi connectivity index (χ0v) is 20.3. The maximum Gasteiger partial charge on any atom is 0.417 e. The highest BCUT2D eigenvalue weighted by atomic mass is 32.2. The normalized spacial score (nSPS) is 14.4. The Kier molecular flexibility index (Phi) is 12.9. The highest BCUT2D eigenvalue weighted by Gasteiger charge is 2.35. The lowest BCUT2D eigenvalue weighted by Gasteiger charge is -2.22. The number of anilines is 1. The third kappa shape index (κ3) is 11.3. The molecule has 1 unspecified atom stereocenters. The summed E-state index contributed by atoms with van der Waals surface area (Å²) in [6.07, 6.45) is 4.02. The highest BCUT2D eigenvalue weighted by molar-refractivity contribution is 7.91. The number of benzene rings is 1. The number of unbranched alkanes of at least 4 members (excludes halogenated alkanes) is 7. The molecule has 1 aromatic rings. The van der Waals surface area contributed by atoms with E-state index in [-0.39, 0.29) is 12.1 Å². The Hall–Kier alpha value is -1.76. The van der Waals surface area contributed by atoms with Gasteiger partial charge in [0.25, 0.3) is 5.91 Å².